The summed E-state index contributed by atoms with van der Waals surface area (Å²) in [5, 5.41) is 2.98. The van der Waals surface area contributed by atoms with Gasteiger partial charge >= 0.3 is 0 Å². The Morgan fingerprint density at radius 1 is 1.00 bits per heavy atom. The van der Waals surface area contributed by atoms with E-state index < -0.39 is 0 Å². The molecule has 0 saturated carbocycles. The summed E-state index contributed by atoms with van der Waals surface area (Å²) in [4.78, 5) is 16.8. The number of piperazine rings is 1. The lowest BCUT2D eigenvalue weighted by Crippen LogP contribution is -2.44. The number of amides is 1. The number of thioether (sulfide) groups is 1. The number of carbonyl (C=O) groups is 1. The smallest absolute Gasteiger partial charge is 0.234 e. The van der Waals surface area contributed by atoms with Crippen LogP contribution in [0.25, 0.3) is 0 Å². The van der Waals surface area contributed by atoms with Crippen LogP contribution in [0.2, 0.25) is 0 Å². The van der Waals surface area contributed by atoms with Gasteiger partial charge in [-0.2, -0.15) is 0 Å². The van der Waals surface area contributed by atoms with E-state index in [0.29, 0.717) is 5.75 Å². The van der Waals surface area contributed by atoms with E-state index in [1.54, 1.807) is 11.8 Å². The lowest BCUT2D eigenvalue weighted by molar-refractivity contribution is -0.113. The molecule has 1 aliphatic heterocycles. The summed E-state index contributed by atoms with van der Waals surface area (Å²) < 4.78 is 0. The van der Waals surface area contributed by atoms with Crippen molar-refractivity contribution in [3.63, 3.8) is 0 Å². The number of nitrogens with one attached hydrogen (secondary N) is 1. The highest BCUT2D eigenvalue weighted by molar-refractivity contribution is 7.99. The topological polar surface area (TPSA) is 35.6 Å². The Kier molecular flexibility index (Phi) is 6.36. The van der Waals surface area contributed by atoms with Crippen LogP contribution < -0.4 is 10.2 Å². The molecule has 4 nitrogen and oxygen atoms in total. The van der Waals surface area contributed by atoms with Gasteiger partial charge in [0.15, 0.2) is 0 Å². The maximum Gasteiger partial charge on any atom is 0.234 e. The molecule has 1 N–H and O–H groups in total. The Labute approximate surface area is 154 Å². The van der Waals surface area contributed by atoms with Crippen LogP contribution in [0.4, 0.5) is 11.4 Å². The van der Waals surface area contributed by atoms with Crippen LogP contribution in [0.3, 0.4) is 0 Å². The summed E-state index contributed by atoms with van der Waals surface area (Å²) in [5.41, 5.74) is 3.34. The monoisotopic (exact) mass is 355 g/mol. The van der Waals surface area contributed by atoms with E-state index in [1.165, 1.54) is 11.3 Å². The molecule has 0 aromatic heterocycles. The van der Waals surface area contributed by atoms with Crippen molar-refractivity contribution in [2.75, 3.05) is 49.2 Å². The van der Waals surface area contributed by atoms with Crippen molar-refractivity contribution < 1.29 is 4.79 Å². The summed E-state index contributed by atoms with van der Waals surface area (Å²) in [6, 6.07) is 18.4. The Bertz CT molecular complexity index is 667. The largest absolute Gasteiger partial charge is 0.369 e. The molecule has 0 bridgehead atoms. The van der Waals surface area contributed by atoms with Gasteiger partial charge in [-0.15, -0.1) is 11.8 Å². The van der Waals surface area contributed by atoms with Gasteiger partial charge in [-0.3, -0.25) is 4.79 Å². The molecule has 1 aliphatic rings. The zero-order chi connectivity index (χ0) is 17.5. The predicted octanol–water partition coefficient (Wildman–Crippen LogP) is 3.31. The molecule has 0 spiro atoms. The number of hydrogen-bond acceptors (Lipinski definition) is 4. The summed E-state index contributed by atoms with van der Waals surface area (Å²) in [6.45, 7) is 4.30. The van der Waals surface area contributed by atoms with E-state index in [2.05, 4.69) is 46.4 Å². The van der Waals surface area contributed by atoms with E-state index >= 15 is 0 Å². The standard InChI is InChI=1S/C20H25N3OS/c1-22-11-13-23(14-12-22)19-9-7-18(8-10-19)21-20(24)16-25-15-17-5-3-2-4-6-17/h2-10H,11-16H2,1H3,(H,21,24). The first kappa shape index (κ1) is 17.8. The number of carbonyl (C=O) groups excluding carboxylic acids is 1. The van der Waals surface area contributed by atoms with Crippen molar-refractivity contribution in [3.05, 3.63) is 60.2 Å². The van der Waals surface area contributed by atoms with Gasteiger partial charge in [-0.25, -0.2) is 0 Å². The van der Waals surface area contributed by atoms with E-state index in [1.807, 2.05) is 30.3 Å². The minimum atomic E-state index is 0.0493. The summed E-state index contributed by atoms with van der Waals surface area (Å²) in [7, 11) is 2.16. The summed E-state index contributed by atoms with van der Waals surface area (Å²) in [6.07, 6.45) is 0. The van der Waals surface area contributed by atoms with Crippen LogP contribution in [0.5, 0.6) is 0 Å². The molecule has 5 heteroatoms. The van der Waals surface area contributed by atoms with Gasteiger partial charge in [0.1, 0.15) is 0 Å². The molecule has 0 aliphatic carbocycles. The van der Waals surface area contributed by atoms with Crippen LogP contribution >= 0.6 is 11.8 Å². The Balaban J connectivity index is 1.44. The average molecular weight is 356 g/mol. The molecule has 132 valence electrons. The van der Waals surface area contributed by atoms with Crippen LogP contribution in [0.15, 0.2) is 54.6 Å². The normalized spacial score (nSPS) is 15.2. The third-order valence-electron chi connectivity index (χ3n) is 4.36. The summed E-state index contributed by atoms with van der Waals surface area (Å²) in [5.74, 6) is 1.37. The van der Waals surface area contributed by atoms with Gasteiger partial charge < -0.3 is 15.1 Å². The average Bonchev–Trinajstić information content (AvgIpc) is 2.64. The first-order chi connectivity index (χ1) is 12.2. The van der Waals surface area contributed by atoms with E-state index in [9.17, 15) is 4.79 Å². The molecular formula is C20H25N3OS. The highest BCUT2D eigenvalue weighted by Crippen LogP contribution is 2.20. The van der Waals surface area contributed by atoms with E-state index in [0.717, 1.165) is 37.6 Å². The number of hydrogen-bond donors (Lipinski definition) is 1. The number of benzene rings is 2. The van der Waals surface area contributed by atoms with Gasteiger partial charge in [0.05, 0.1) is 5.75 Å². The maximum atomic E-state index is 12.1. The van der Waals surface area contributed by atoms with Gasteiger partial charge in [0.2, 0.25) is 5.91 Å². The van der Waals surface area contributed by atoms with Crippen molar-refractivity contribution in [1.82, 2.24) is 4.90 Å². The van der Waals surface area contributed by atoms with Gasteiger partial charge in [-0.1, -0.05) is 30.3 Å². The molecule has 0 atom stereocenters. The third kappa shape index (κ3) is 5.51. The fraction of sp³-hybridized carbons (Fsp3) is 0.350. The third-order valence-corrected chi connectivity index (χ3v) is 5.37. The van der Waals surface area contributed by atoms with Crippen molar-refractivity contribution in [1.29, 1.82) is 0 Å². The predicted molar refractivity (Wildman–Crippen MR) is 107 cm³/mol. The molecule has 0 radical (unpaired) electrons. The Hall–Kier alpha value is -1.98. The molecular weight excluding hydrogens is 330 g/mol. The lowest BCUT2D eigenvalue weighted by atomic mass is 10.2. The highest BCUT2D eigenvalue weighted by atomic mass is 32.2. The number of nitrogens with zero attached hydrogens (tertiary/aromatic N) is 2. The second-order valence-electron chi connectivity index (χ2n) is 6.36. The number of rotatable bonds is 6. The molecule has 1 amide bonds. The number of likely N-dealkylation sites (N-methyl/N-ethyl adjacent to an activating group) is 1. The summed E-state index contributed by atoms with van der Waals surface area (Å²) >= 11 is 1.63. The molecule has 2 aromatic carbocycles. The molecule has 3 rings (SSSR count). The second kappa shape index (κ2) is 8.92. The number of anilines is 2. The van der Waals surface area contributed by atoms with Gasteiger partial charge in [0, 0.05) is 43.3 Å². The SMILES string of the molecule is CN1CCN(c2ccc(NC(=O)CSCc3ccccc3)cc2)CC1. The van der Waals surface area contributed by atoms with Crippen molar-refractivity contribution >= 4 is 29.0 Å². The molecule has 1 saturated heterocycles. The maximum absolute atomic E-state index is 12.1. The van der Waals surface area contributed by atoms with E-state index in [-0.39, 0.29) is 5.91 Å². The fourth-order valence-corrected chi connectivity index (χ4v) is 3.64. The first-order valence-corrected chi connectivity index (χ1v) is 9.81. The molecule has 25 heavy (non-hydrogen) atoms. The Morgan fingerprint density at radius 3 is 2.36 bits per heavy atom. The van der Waals surface area contributed by atoms with Crippen molar-refractivity contribution in [2.45, 2.75) is 5.75 Å². The molecule has 2 aromatic rings. The minimum Gasteiger partial charge on any atom is -0.369 e. The van der Waals surface area contributed by atoms with Gasteiger partial charge in [-0.05, 0) is 36.9 Å². The highest BCUT2D eigenvalue weighted by Gasteiger charge is 2.14. The molecule has 1 heterocycles. The molecule has 0 unspecified atom stereocenters. The van der Waals surface area contributed by atoms with Crippen LogP contribution in [0.1, 0.15) is 5.56 Å². The minimum absolute atomic E-state index is 0.0493. The van der Waals surface area contributed by atoms with E-state index in [4.69, 9.17) is 0 Å². The van der Waals surface area contributed by atoms with Crippen LogP contribution in [-0.4, -0.2) is 49.8 Å². The van der Waals surface area contributed by atoms with Gasteiger partial charge in [0.25, 0.3) is 0 Å². The fourth-order valence-electron chi connectivity index (χ4n) is 2.85. The van der Waals surface area contributed by atoms with Crippen molar-refractivity contribution in [3.8, 4) is 0 Å². The second-order valence-corrected chi connectivity index (χ2v) is 7.35. The molecule has 1 fully saturated rings. The zero-order valence-corrected chi connectivity index (χ0v) is 15.5. The van der Waals surface area contributed by atoms with Crippen LogP contribution in [0, 0.1) is 0 Å². The lowest BCUT2D eigenvalue weighted by Gasteiger charge is -2.34. The Morgan fingerprint density at radius 2 is 1.68 bits per heavy atom. The van der Waals surface area contributed by atoms with Crippen molar-refractivity contribution in [2.24, 2.45) is 0 Å². The quantitative estimate of drug-likeness (QED) is 0.862. The first-order valence-electron chi connectivity index (χ1n) is 8.66. The zero-order valence-electron chi connectivity index (χ0n) is 14.6. The van der Waals surface area contributed by atoms with Crippen LogP contribution in [-0.2, 0) is 10.5 Å².